The van der Waals surface area contributed by atoms with Gasteiger partial charge >= 0.3 is 0 Å². The quantitative estimate of drug-likeness (QED) is 0.302. The fourth-order valence-electron chi connectivity index (χ4n) is 1.26. The summed E-state index contributed by atoms with van der Waals surface area (Å²) in [7, 11) is 0. The molecule has 1 aromatic carbocycles. The van der Waals surface area contributed by atoms with Crippen LogP contribution in [0.1, 0.15) is 25.3 Å². The van der Waals surface area contributed by atoms with Crippen LogP contribution in [0.5, 0.6) is 5.75 Å². The third-order valence-electron chi connectivity index (χ3n) is 2.24. The molecule has 0 heterocycles. The summed E-state index contributed by atoms with van der Waals surface area (Å²) in [6, 6.07) is 3.52. The van der Waals surface area contributed by atoms with Gasteiger partial charge in [0.25, 0.3) is 0 Å². The van der Waals surface area contributed by atoms with Crippen molar-refractivity contribution in [2.45, 2.75) is 19.8 Å². The molecular weight excluding hydrogens is 394 g/mol. The van der Waals surface area contributed by atoms with E-state index in [0.29, 0.717) is 15.1 Å². The van der Waals surface area contributed by atoms with Crippen molar-refractivity contribution in [3.8, 4) is 5.75 Å². The Hall–Kier alpha value is -0.660. The minimum Gasteiger partial charge on any atom is -0.506 e. The second-order valence-corrected chi connectivity index (χ2v) is 5.98. The molecule has 0 saturated carbocycles. The van der Waals surface area contributed by atoms with Gasteiger partial charge in [0.1, 0.15) is 5.75 Å². The summed E-state index contributed by atoms with van der Waals surface area (Å²) < 4.78 is 1.45. The summed E-state index contributed by atoms with van der Waals surface area (Å²) in [6.07, 6.45) is 3.68. The van der Waals surface area contributed by atoms with Gasteiger partial charge in [0, 0.05) is 16.6 Å². The normalized spacial score (nSPS) is 10.7. The average Bonchev–Trinajstić information content (AvgIpc) is 2.35. The first-order valence-electron chi connectivity index (χ1n) is 5.79. The van der Waals surface area contributed by atoms with E-state index in [4.69, 9.17) is 12.2 Å². The number of nitrogens with one attached hydrogen (secondary N) is 2. The Morgan fingerprint density at radius 3 is 2.89 bits per heavy atom. The molecule has 1 aromatic rings. The van der Waals surface area contributed by atoms with Gasteiger partial charge in [-0.3, -0.25) is 5.43 Å². The van der Waals surface area contributed by atoms with Crippen LogP contribution in [0.2, 0.25) is 0 Å². The van der Waals surface area contributed by atoms with Crippen LogP contribution >= 0.6 is 44.1 Å². The lowest BCUT2D eigenvalue weighted by Crippen LogP contribution is -2.32. The Morgan fingerprint density at radius 1 is 1.47 bits per heavy atom. The smallest absolute Gasteiger partial charge is 0.186 e. The number of halogens is 2. The molecule has 104 valence electrons. The number of rotatable bonds is 5. The summed E-state index contributed by atoms with van der Waals surface area (Å²) in [5, 5.41) is 17.3. The largest absolute Gasteiger partial charge is 0.506 e. The molecule has 1 rings (SSSR count). The molecule has 0 aliphatic rings. The molecule has 0 spiro atoms. The Morgan fingerprint density at radius 2 is 2.21 bits per heavy atom. The third kappa shape index (κ3) is 5.88. The molecule has 3 N–H and O–H groups in total. The maximum absolute atomic E-state index is 9.83. The molecule has 7 heteroatoms. The highest BCUT2D eigenvalue weighted by Gasteiger charge is 2.05. The molecule has 0 aliphatic heterocycles. The van der Waals surface area contributed by atoms with Gasteiger partial charge in [0.05, 0.1) is 10.7 Å². The van der Waals surface area contributed by atoms with Crippen molar-refractivity contribution in [3.05, 3.63) is 26.6 Å². The zero-order chi connectivity index (χ0) is 14.3. The van der Waals surface area contributed by atoms with E-state index in [-0.39, 0.29) is 5.75 Å². The monoisotopic (exact) mass is 407 g/mol. The lowest BCUT2D eigenvalue weighted by Gasteiger charge is -2.06. The van der Waals surface area contributed by atoms with Crippen molar-refractivity contribution in [3.63, 3.8) is 0 Å². The first kappa shape index (κ1) is 16.4. The number of hydrogen-bond acceptors (Lipinski definition) is 3. The number of hydrazone groups is 1. The minimum atomic E-state index is 0.138. The molecule has 0 radical (unpaired) electrons. The van der Waals surface area contributed by atoms with Crippen LogP contribution < -0.4 is 10.7 Å². The molecule has 0 atom stereocenters. The van der Waals surface area contributed by atoms with E-state index in [1.54, 1.807) is 12.1 Å². The van der Waals surface area contributed by atoms with E-state index in [1.807, 2.05) is 0 Å². The van der Waals surface area contributed by atoms with Crippen LogP contribution in [0.25, 0.3) is 0 Å². The number of phenols is 1. The van der Waals surface area contributed by atoms with E-state index in [1.165, 1.54) is 6.21 Å². The molecule has 19 heavy (non-hydrogen) atoms. The molecule has 0 aromatic heterocycles. The second-order valence-electron chi connectivity index (χ2n) is 3.80. The molecule has 0 amide bonds. The Balaban J connectivity index is 2.55. The highest BCUT2D eigenvalue weighted by molar-refractivity contribution is 9.11. The van der Waals surface area contributed by atoms with Crippen molar-refractivity contribution in [2.24, 2.45) is 5.10 Å². The maximum atomic E-state index is 9.83. The van der Waals surface area contributed by atoms with E-state index in [0.717, 1.165) is 23.9 Å². The van der Waals surface area contributed by atoms with Gasteiger partial charge in [-0.2, -0.15) is 5.10 Å². The van der Waals surface area contributed by atoms with Gasteiger partial charge in [-0.05, 0) is 46.7 Å². The number of aromatic hydroxyl groups is 1. The third-order valence-corrected chi connectivity index (χ3v) is 3.54. The van der Waals surface area contributed by atoms with Gasteiger partial charge in [-0.25, -0.2) is 0 Å². The van der Waals surface area contributed by atoms with E-state index in [2.05, 4.69) is 54.6 Å². The summed E-state index contributed by atoms with van der Waals surface area (Å²) >= 11 is 11.7. The zero-order valence-corrected chi connectivity index (χ0v) is 14.4. The Kier molecular flexibility index (Phi) is 7.33. The van der Waals surface area contributed by atoms with Crippen LogP contribution in [0.3, 0.4) is 0 Å². The topological polar surface area (TPSA) is 56.7 Å². The number of hydrogen-bond donors (Lipinski definition) is 3. The predicted molar refractivity (Wildman–Crippen MR) is 89.7 cm³/mol. The number of nitrogens with zero attached hydrogens (tertiary/aromatic N) is 1. The van der Waals surface area contributed by atoms with Crippen molar-refractivity contribution in [2.75, 3.05) is 6.54 Å². The maximum Gasteiger partial charge on any atom is 0.186 e. The van der Waals surface area contributed by atoms with Gasteiger partial charge in [-0.1, -0.05) is 29.3 Å². The second kappa shape index (κ2) is 8.50. The number of thiocarbonyl (C=S) groups is 1. The van der Waals surface area contributed by atoms with E-state index < -0.39 is 0 Å². The van der Waals surface area contributed by atoms with Crippen LogP contribution in [0.15, 0.2) is 26.2 Å². The van der Waals surface area contributed by atoms with Crippen molar-refractivity contribution >= 4 is 55.4 Å². The van der Waals surface area contributed by atoms with Gasteiger partial charge in [0.15, 0.2) is 5.11 Å². The minimum absolute atomic E-state index is 0.138. The number of benzene rings is 1. The van der Waals surface area contributed by atoms with Gasteiger partial charge < -0.3 is 10.4 Å². The Bertz CT molecular complexity index is 480. The average molecular weight is 409 g/mol. The number of phenolic OH excluding ortho intramolecular Hbond substituents is 1. The lowest BCUT2D eigenvalue weighted by atomic mass is 10.2. The highest BCUT2D eigenvalue weighted by atomic mass is 79.9. The Labute approximate surface area is 134 Å². The summed E-state index contributed by atoms with van der Waals surface area (Å²) in [5.74, 6) is 0.138. The molecule has 0 aliphatic carbocycles. The fourth-order valence-corrected chi connectivity index (χ4v) is 2.68. The van der Waals surface area contributed by atoms with Gasteiger partial charge in [0.2, 0.25) is 0 Å². The van der Waals surface area contributed by atoms with Gasteiger partial charge in [-0.15, -0.1) is 0 Å². The van der Waals surface area contributed by atoms with Crippen molar-refractivity contribution in [1.29, 1.82) is 0 Å². The number of unbranched alkanes of at least 4 members (excludes halogenated alkanes) is 1. The summed E-state index contributed by atoms with van der Waals surface area (Å²) in [6.45, 7) is 2.94. The lowest BCUT2D eigenvalue weighted by molar-refractivity contribution is 0.471. The van der Waals surface area contributed by atoms with Crippen molar-refractivity contribution < 1.29 is 5.11 Å². The van der Waals surface area contributed by atoms with Crippen LogP contribution in [0, 0.1) is 0 Å². The first-order valence-corrected chi connectivity index (χ1v) is 7.79. The fraction of sp³-hybridized carbons (Fsp3) is 0.333. The standard InChI is InChI=1S/C12H15Br2N3OS/c1-2-3-4-15-12(19)17-16-7-8-5-9(13)6-10(14)11(8)18/h5-7,18H,2-4H2,1H3,(H2,15,17,19)/b16-7+. The van der Waals surface area contributed by atoms with Crippen LogP contribution in [-0.2, 0) is 0 Å². The van der Waals surface area contributed by atoms with Crippen molar-refractivity contribution in [1.82, 2.24) is 10.7 Å². The molecule has 0 bridgehead atoms. The predicted octanol–water partition coefficient (Wildman–Crippen LogP) is 3.52. The van der Waals surface area contributed by atoms with E-state index >= 15 is 0 Å². The molecule has 0 saturated heterocycles. The van der Waals surface area contributed by atoms with Crippen LogP contribution in [0.4, 0.5) is 0 Å². The summed E-state index contributed by atoms with van der Waals surface area (Å²) in [4.78, 5) is 0. The molecule has 0 fully saturated rings. The SMILES string of the molecule is CCCCNC(=S)N/N=C/c1cc(Br)cc(Br)c1O. The highest BCUT2D eigenvalue weighted by Crippen LogP contribution is 2.30. The summed E-state index contributed by atoms with van der Waals surface area (Å²) in [5.41, 5.74) is 3.29. The van der Waals surface area contributed by atoms with Crippen LogP contribution in [-0.4, -0.2) is 23.0 Å². The molecule has 0 unspecified atom stereocenters. The van der Waals surface area contributed by atoms with E-state index in [9.17, 15) is 5.11 Å². The molecular formula is C12H15Br2N3OS. The molecule has 4 nitrogen and oxygen atoms in total. The zero-order valence-electron chi connectivity index (χ0n) is 10.4. The first-order chi connectivity index (χ1) is 9.04.